The molecule has 102 valence electrons. The van der Waals surface area contributed by atoms with Gasteiger partial charge in [-0.25, -0.2) is 0 Å². The first-order valence-electron chi connectivity index (χ1n) is 7.56. The lowest BCUT2D eigenvalue weighted by Gasteiger charge is -2.42. The second-order valence-electron chi connectivity index (χ2n) is 5.75. The molecule has 0 amide bonds. The lowest BCUT2D eigenvalue weighted by Crippen LogP contribution is -2.39. The second kappa shape index (κ2) is 4.58. The summed E-state index contributed by atoms with van der Waals surface area (Å²) in [5.74, 6) is 0.669. The molecule has 0 N–H and O–H groups in total. The summed E-state index contributed by atoms with van der Waals surface area (Å²) in [6, 6.07) is 6.49. The molecule has 0 atom stereocenters. The van der Waals surface area contributed by atoms with Gasteiger partial charge in [0.1, 0.15) is 0 Å². The quantitative estimate of drug-likeness (QED) is 0.833. The summed E-state index contributed by atoms with van der Waals surface area (Å²) in [4.78, 5) is 11.6. The van der Waals surface area contributed by atoms with Crippen LogP contribution in [0.25, 0.3) is 11.1 Å². The Labute approximate surface area is 119 Å². The van der Waals surface area contributed by atoms with E-state index in [-0.39, 0.29) is 0 Å². The van der Waals surface area contributed by atoms with Crippen LogP contribution in [0.1, 0.15) is 37.1 Å². The van der Waals surface area contributed by atoms with E-state index >= 15 is 0 Å². The number of rotatable bonds is 2. The number of aryl methyl sites for hydroxylation is 1. The predicted octanol–water partition coefficient (Wildman–Crippen LogP) is 3.40. The smallest absolute Gasteiger partial charge is 0.0678 e. The Balaban J connectivity index is 1.96. The molecule has 3 aliphatic rings. The highest BCUT2D eigenvalue weighted by atomic mass is 15.2. The van der Waals surface area contributed by atoms with Crippen LogP contribution in [0.5, 0.6) is 0 Å². The van der Waals surface area contributed by atoms with Crippen molar-refractivity contribution in [2.24, 2.45) is 0 Å². The van der Waals surface area contributed by atoms with Crippen LogP contribution in [0.3, 0.4) is 0 Å². The minimum Gasteiger partial charge on any atom is -0.370 e. The standard InChI is InChI=1S/C17H19N3/c1-2-14-11-15(12-3-7-18-8-4-12)17-16(19-14)13-5-9-20(17)10-6-13/h3-4,7-8,11,13H,2,5-6,9-10H2,1H3. The molecule has 3 aliphatic heterocycles. The molecule has 0 spiro atoms. The second-order valence-corrected chi connectivity index (χ2v) is 5.75. The zero-order valence-electron chi connectivity index (χ0n) is 11.8. The van der Waals surface area contributed by atoms with Gasteiger partial charge in [-0.1, -0.05) is 6.92 Å². The van der Waals surface area contributed by atoms with Gasteiger partial charge in [0.05, 0.1) is 11.4 Å². The summed E-state index contributed by atoms with van der Waals surface area (Å²) in [6.45, 7) is 4.55. The monoisotopic (exact) mass is 265 g/mol. The highest BCUT2D eigenvalue weighted by Crippen LogP contribution is 2.46. The van der Waals surface area contributed by atoms with E-state index < -0.39 is 0 Å². The Hall–Kier alpha value is -1.90. The van der Waals surface area contributed by atoms with Crippen molar-refractivity contribution >= 4 is 5.69 Å². The lowest BCUT2D eigenvalue weighted by atomic mass is 9.84. The summed E-state index contributed by atoms with van der Waals surface area (Å²) in [7, 11) is 0. The van der Waals surface area contributed by atoms with Gasteiger partial charge in [-0.05, 0) is 43.0 Å². The normalized spacial score (nSPS) is 17.4. The summed E-state index contributed by atoms with van der Waals surface area (Å²) < 4.78 is 0. The van der Waals surface area contributed by atoms with E-state index in [1.165, 1.54) is 54.1 Å². The Kier molecular flexibility index (Phi) is 2.72. The number of hydrogen-bond acceptors (Lipinski definition) is 3. The van der Waals surface area contributed by atoms with Crippen molar-refractivity contribution in [3.63, 3.8) is 0 Å². The summed E-state index contributed by atoms with van der Waals surface area (Å²) >= 11 is 0. The zero-order chi connectivity index (χ0) is 13.5. The first-order valence-corrected chi connectivity index (χ1v) is 7.56. The molecule has 3 heteroatoms. The third-order valence-electron chi connectivity index (χ3n) is 4.62. The molecule has 5 heterocycles. The van der Waals surface area contributed by atoms with E-state index in [1.54, 1.807) is 0 Å². The topological polar surface area (TPSA) is 29.0 Å². The van der Waals surface area contributed by atoms with Crippen LogP contribution in [0.2, 0.25) is 0 Å². The van der Waals surface area contributed by atoms with E-state index in [0.29, 0.717) is 5.92 Å². The molecule has 2 aromatic heterocycles. The van der Waals surface area contributed by atoms with Gasteiger partial charge in [-0.2, -0.15) is 0 Å². The Morgan fingerprint density at radius 1 is 1.20 bits per heavy atom. The SMILES string of the molecule is CCc1cc(-c2ccncc2)c2c(n1)C1CCN2CC1. The third-order valence-corrected chi connectivity index (χ3v) is 4.62. The fourth-order valence-electron chi connectivity index (χ4n) is 3.54. The van der Waals surface area contributed by atoms with Crippen LogP contribution < -0.4 is 4.90 Å². The molecule has 0 radical (unpaired) electrons. The van der Waals surface area contributed by atoms with Crippen LogP contribution in [-0.4, -0.2) is 23.1 Å². The van der Waals surface area contributed by atoms with Crippen LogP contribution in [-0.2, 0) is 6.42 Å². The van der Waals surface area contributed by atoms with Crippen LogP contribution in [0.4, 0.5) is 5.69 Å². The predicted molar refractivity (Wildman–Crippen MR) is 81.0 cm³/mol. The van der Waals surface area contributed by atoms with Gasteiger partial charge in [-0.15, -0.1) is 0 Å². The largest absolute Gasteiger partial charge is 0.370 e. The average Bonchev–Trinajstić information content (AvgIpc) is 2.55. The van der Waals surface area contributed by atoms with Gasteiger partial charge in [0.15, 0.2) is 0 Å². The molecule has 1 saturated heterocycles. The van der Waals surface area contributed by atoms with Crippen LogP contribution in [0, 0.1) is 0 Å². The minimum atomic E-state index is 0.669. The summed E-state index contributed by atoms with van der Waals surface area (Å²) in [5.41, 5.74) is 6.55. The first-order chi connectivity index (χ1) is 9.86. The lowest BCUT2D eigenvalue weighted by molar-refractivity contribution is 0.463. The molecule has 20 heavy (non-hydrogen) atoms. The van der Waals surface area contributed by atoms with Crippen molar-refractivity contribution in [2.45, 2.75) is 32.1 Å². The molecule has 5 rings (SSSR count). The fraction of sp³-hybridized carbons (Fsp3) is 0.412. The third kappa shape index (κ3) is 1.73. The number of anilines is 1. The average molecular weight is 265 g/mol. The maximum Gasteiger partial charge on any atom is 0.0678 e. The molecule has 0 unspecified atom stereocenters. The molecular formula is C17H19N3. The Bertz CT molecular complexity index is 628. The van der Waals surface area contributed by atoms with E-state index in [0.717, 1.165) is 6.42 Å². The number of aromatic nitrogens is 2. The van der Waals surface area contributed by atoms with E-state index in [2.05, 4.69) is 35.0 Å². The molecule has 0 saturated carbocycles. The minimum absolute atomic E-state index is 0.669. The number of hydrogen-bond donors (Lipinski definition) is 0. The van der Waals surface area contributed by atoms with Crippen molar-refractivity contribution in [3.05, 3.63) is 42.0 Å². The maximum atomic E-state index is 4.94. The van der Waals surface area contributed by atoms with Crippen molar-refractivity contribution in [2.75, 3.05) is 18.0 Å². The van der Waals surface area contributed by atoms with Gasteiger partial charge in [0, 0.05) is 42.7 Å². The van der Waals surface area contributed by atoms with Gasteiger partial charge in [0.2, 0.25) is 0 Å². The molecular weight excluding hydrogens is 246 g/mol. The summed E-state index contributed by atoms with van der Waals surface area (Å²) in [5, 5.41) is 0. The van der Waals surface area contributed by atoms with E-state index in [9.17, 15) is 0 Å². The molecule has 2 aromatic rings. The number of piperidine rings is 1. The Morgan fingerprint density at radius 2 is 1.95 bits per heavy atom. The number of fused-ring (bicyclic) bond motifs is 2. The molecule has 0 aromatic carbocycles. The fourth-order valence-corrected chi connectivity index (χ4v) is 3.54. The van der Waals surface area contributed by atoms with E-state index in [4.69, 9.17) is 4.98 Å². The highest BCUT2D eigenvalue weighted by molar-refractivity contribution is 5.82. The van der Waals surface area contributed by atoms with Gasteiger partial charge < -0.3 is 4.90 Å². The van der Waals surface area contributed by atoms with Crippen molar-refractivity contribution in [1.29, 1.82) is 0 Å². The van der Waals surface area contributed by atoms with Gasteiger partial charge >= 0.3 is 0 Å². The number of pyridine rings is 2. The van der Waals surface area contributed by atoms with Crippen LogP contribution >= 0.6 is 0 Å². The van der Waals surface area contributed by atoms with Gasteiger partial charge in [-0.3, -0.25) is 9.97 Å². The maximum absolute atomic E-state index is 4.94. The molecule has 1 fully saturated rings. The highest BCUT2D eigenvalue weighted by Gasteiger charge is 2.34. The first kappa shape index (κ1) is 11.9. The van der Waals surface area contributed by atoms with Gasteiger partial charge in [0.25, 0.3) is 0 Å². The van der Waals surface area contributed by atoms with E-state index in [1.807, 2.05) is 12.4 Å². The summed E-state index contributed by atoms with van der Waals surface area (Å²) in [6.07, 6.45) is 7.29. The van der Waals surface area contributed by atoms with Crippen LogP contribution in [0.15, 0.2) is 30.6 Å². The molecule has 0 aliphatic carbocycles. The molecule has 3 nitrogen and oxygen atoms in total. The Morgan fingerprint density at radius 3 is 2.65 bits per heavy atom. The van der Waals surface area contributed by atoms with Crippen molar-refractivity contribution in [1.82, 2.24) is 9.97 Å². The zero-order valence-corrected chi connectivity index (χ0v) is 11.8. The van der Waals surface area contributed by atoms with Crippen molar-refractivity contribution < 1.29 is 0 Å². The number of nitrogens with zero attached hydrogens (tertiary/aromatic N) is 3. The van der Waals surface area contributed by atoms with Crippen molar-refractivity contribution in [3.8, 4) is 11.1 Å². The molecule has 2 bridgehead atoms.